The van der Waals surface area contributed by atoms with Gasteiger partial charge in [-0.3, -0.25) is 4.57 Å². The second kappa shape index (κ2) is 4.95. The van der Waals surface area contributed by atoms with Gasteiger partial charge in [-0.15, -0.1) is 0 Å². The van der Waals surface area contributed by atoms with Crippen molar-refractivity contribution < 1.29 is 22.0 Å². The van der Waals surface area contributed by atoms with Crippen LogP contribution in [-0.2, 0) is 23.4 Å². The highest BCUT2D eigenvalue weighted by molar-refractivity contribution is 7.98. The van der Waals surface area contributed by atoms with Gasteiger partial charge in [-0.1, -0.05) is 0 Å². The van der Waals surface area contributed by atoms with Crippen LogP contribution in [0.4, 0.5) is 0 Å². The van der Waals surface area contributed by atoms with Crippen molar-refractivity contribution in [3.8, 4) is 0 Å². The summed E-state index contributed by atoms with van der Waals surface area (Å²) in [6.45, 7) is 3.74. The molecular weight excluding hydrogens is 239 g/mol. The second-order valence-corrected chi connectivity index (χ2v) is 8.21. The van der Waals surface area contributed by atoms with Crippen molar-refractivity contribution in [3.63, 3.8) is 0 Å². The van der Waals surface area contributed by atoms with E-state index in [-0.39, 0.29) is 19.0 Å². The molecule has 0 N–H and O–H groups in total. The predicted octanol–water partition coefficient (Wildman–Crippen LogP) is 1.79. The largest absolute Gasteiger partial charge is 0.348 e. The number of sulfone groups is 1. The quantitative estimate of drug-likeness (QED) is 0.701. The van der Waals surface area contributed by atoms with Crippen molar-refractivity contribution in [2.45, 2.75) is 31.7 Å². The van der Waals surface area contributed by atoms with Gasteiger partial charge in [0.1, 0.15) is 0 Å². The Morgan fingerprint density at radius 3 is 2.13 bits per heavy atom. The molecule has 1 fully saturated rings. The van der Waals surface area contributed by atoms with Crippen molar-refractivity contribution in [3.05, 3.63) is 0 Å². The summed E-state index contributed by atoms with van der Waals surface area (Å²) in [5.74, 6) is 0.0851. The monoisotopic (exact) mass is 256 g/mol. The molecule has 0 aromatic heterocycles. The zero-order valence-electron chi connectivity index (χ0n) is 9.01. The Morgan fingerprint density at radius 1 is 1.27 bits per heavy atom. The van der Waals surface area contributed by atoms with Crippen molar-refractivity contribution in [2.75, 3.05) is 19.0 Å². The average Bonchev–Trinajstić information content (AvgIpc) is 2.46. The van der Waals surface area contributed by atoms with E-state index in [0.717, 1.165) is 0 Å². The zero-order valence-corrected chi connectivity index (χ0v) is 10.7. The third kappa shape index (κ3) is 2.81. The predicted molar refractivity (Wildman–Crippen MR) is 57.7 cm³/mol. The van der Waals surface area contributed by atoms with E-state index in [1.807, 2.05) is 0 Å². The lowest BCUT2D eigenvalue weighted by Crippen LogP contribution is -2.19. The minimum absolute atomic E-state index is 0.0851. The Labute approximate surface area is 90.6 Å². The summed E-state index contributed by atoms with van der Waals surface area (Å²) in [6, 6.07) is 0. The van der Waals surface area contributed by atoms with Gasteiger partial charge in [0.05, 0.1) is 19.0 Å². The molecule has 0 bridgehead atoms. The van der Waals surface area contributed by atoms with Gasteiger partial charge in [0.25, 0.3) is 0 Å². The van der Waals surface area contributed by atoms with Gasteiger partial charge in [-0.05, 0) is 26.7 Å². The van der Waals surface area contributed by atoms with Crippen LogP contribution in [0.25, 0.3) is 0 Å². The maximum atomic E-state index is 12.2. The average molecular weight is 256 g/mol. The number of hydrogen-bond donors (Lipinski definition) is 0. The smallest absolute Gasteiger partial charge is 0.308 e. The van der Waals surface area contributed by atoms with Crippen LogP contribution in [0.15, 0.2) is 0 Å². The molecule has 1 aliphatic heterocycles. The molecule has 1 heterocycles. The van der Waals surface area contributed by atoms with Gasteiger partial charge in [0, 0.05) is 0 Å². The molecule has 1 atom stereocenters. The Hall–Kier alpha value is 0.100. The third-order valence-corrected chi connectivity index (χ3v) is 8.13. The van der Waals surface area contributed by atoms with Crippen LogP contribution in [0.5, 0.6) is 0 Å². The van der Waals surface area contributed by atoms with Crippen LogP contribution in [0.1, 0.15) is 26.7 Å². The maximum absolute atomic E-state index is 12.2. The molecule has 0 radical (unpaired) electrons. The minimum atomic E-state index is -3.48. The highest BCUT2D eigenvalue weighted by Gasteiger charge is 2.47. The molecule has 1 rings (SSSR count). The minimum Gasteiger partial charge on any atom is -0.308 e. The van der Waals surface area contributed by atoms with E-state index >= 15 is 0 Å². The Kier molecular flexibility index (Phi) is 4.35. The molecule has 0 spiro atoms. The Bertz CT molecular complexity index is 340. The molecule has 1 saturated heterocycles. The van der Waals surface area contributed by atoms with Gasteiger partial charge < -0.3 is 9.05 Å². The maximum Gasteiger partial charge on any atom is 0.348 e. The topological polar surface area (TPSA) is 69.7 Å². The molecule has 0 aromatic carbocycles. The fraction of sp³-hybridized carbons (Fsp3) is 1.00. The highest BCUT2D eigenvalue weighted by Crippen LogP contribution is 2.58. The lowest BCUT2D eigenvalue weighted by Gasteiger charge is -2.21. The fourth-order valence-electron chi connectivity index (χ4n) is 1.69. The van der Waals surface area contributed by atoms with Crippen LogP contribution >= 0.6 is 7.60 Å². The van der Waals surface area contributed by atoms with Crippen molar-refractivity contribution >= 4 is 17.4 Å². The van der Waals surface area contributed by atoms with Gasteiger partial charge in [-0.25, -0.2) is 8.42 Å². The molecule has 0 amide bonds. The molecule has 0 aromatic rings. The van der Waals surface area contributed by atoms with Crippen molar-refractivity contribution in [1.82, 2.24) is 0 Å². The molecule has 1 unspecified atom stereocenters. The first-order valence-electron chi connectivity index (χ1n) is 5.06. The van der Waals surface area contributed by atoms with E-state index in [4.69, 9.17) is 9.05 Å². The summed E-state index contributed by atoms with van der Waals surface area (Å²) in [5, 5.41) is 0. The summed E-state index contributed by atoms with van der Waals surface area (Å²) >= 11 is 0. The summed E-state index contributed by atoms with van der Waals surface area (Å²) in [4.78, 5) is -0.954. The van der Waals surface area contributed by atoms with Gasteiger partial charge in [-0.2, -0.15) is 0 Å². The van der Waals surface area contributed by atoms with E-state index in [2.05, 4.69) is 0 Å². The van der Waals surface area contributed by atoms with E-state index in [9.17, 15) is 13.0 Å². The third-order valence-electron chi connectivity index (χ3n) is 2.27. The number of rotatable bonds is 5. The van der Waals surface area contributed by atoms with E-state index in [1.54, 1.807) is 13.8 Å². The standard InChI is InChI=1S/C8H17O5PS/c1-3-12-14(9,13-4-2)8-6-5-7-15(8,10)11/h8H,3-7H2,1-2H3. The van der Waals surface area contributed by atoms with E-state index in [1.165, 1.54) is 0 Å². The number of hydrogen-bond acceptors (Lipinski definition) is 5. The lowest BCUT2D eigenvalue weighted by molar-refractivity contribution is 0.217. The van der Waals surface area contributed by atoms with Crippen molar-refractivity contribution in [1.29, 1.82) is 0 Å². The molecular formula is C8H17O5PS. The molecule has 90 valence electrons. The fourth-order valence-corrected chi connectivity index (χ4v) is 6.94. The van der Waals surface area contributed by atoms with Crippen LogP contribution in [0.3, 0.4) is 0 Å². The van der Waals surface area contributed by atoms with Crippen LogP contribution < -0.4 is 0 Å². The first-order chi connectivity index (χ1) is 6.96. The highest BCUT2D eigenvalue weighted by atomic mass is 32.2. The SMILES string of the molecule is CCOP(=O)(OCC)C1CCCS1(=O)=O. The second-order valence-electron chi connectivity index (χ2n) is 3.34. The van der Waals surface area contributed by atoms with Crippen molar-refractivity contribution in [2.24, 2.45) is 0 Å². The first-order valence-corrected chi connectivity index (χ1v) is 8.39. The molecule has 15 heavy (non-hydrogen) atoms. The van der Waals surface area contributed by atoms with E-state index < -0.39 is 22.4 Å². The lowest BCUT2D eigenvalue weighted by atomic mass is 10.4. The van der Waals surface area contributed by atoms with E-state index in [0.29, 0.717) is 12.8 Å². The summed E-state index contributed by atoms with van der Waals surface area (Å²) < 4.78 is 45.5. The van der Waals surface area contributed by atoms with Gasteiger partial charge >= 0.3 is 7.60 Å². The summed E-state index contributed by atoms with van der Waals surface area (Å²) in [6.07, 6.45) is 0.913. The van der Waals surface area contributed by atoms with Crippen LogP contribution in [-0.4, -0.2) is 32.4 Å². The summed E-state index contributed by atoms with van der Waals surface area (Å²) in [5.41, 5.74) is 0. The zero-order chi connectivity index (χ0) is 11.5. The molecule has 0 saturated carbocycles. The molecule has 0 aliphatic carbocycles. The first kappa shape index (κ1) is 13.2. The van der Waals surface area contributed by atoms with Crippen LogP contribution in [0.2, 0.25) is 0 Å². The van der Waals surface area contributed by atoms with Crippen LogP contribution in [0, 0.1) is 0 Å². The normalized spacial score (nSPS) is 25.6. The van der Waals surface area contributed by atoms with Gasteiger partial charge in [0.15, 0.2) is 14.8 Å². The summed E-state index contributed by atoms with van der Waals surface area (Å²) in [7, 11) is -6.78. The Morgan fingerprint density at radius 2 is 1.80 bits per heavy atom. The molecule has 5 nitrogen and oxygen atoms in total. The Balaban J connectivity index is 2.94. The molecule has 1 aliphatic rings. The molecule has 7 heteroatoms. The van der Waals surface area contributed by atoms with Gasteiger partial charge in [0.2, 0.25) is 0 Å².